The molecule has 110 valence electrons. The average molecular weight is 290 g/mol. The fourth-order valence-corrected chi connectivity index (χ4v) is 2.68. The summed E-state index contributed by atoms with van der Waals surface area (Å²) < 4.78 is 59.8. The molecule has 20 heavy (non-hydrogen) atoms. The number of hydrogen-bond donors (Lipinski definition) is 0. The van der Waals surface area contributed by atoms with Gasteiger partial charge in [-0.15, -0.1) is 0 Å². The molecule has 0 atom stereocenters. The third kappa shape index (κ3) is 2.39. The van der Waals surface area contributed by atoms with Crippen LogP contribution in [-0.4, -0.2) is 13.1 Å². The molecule has 0 saturated heterocycles. The van der Waals surface area contributed by atoms with E-state index in [0.717, 1.165) is 26.4 Å². The molecule has 0 radical (unpaired) electrons. The molecule has 1 aliphatic carbocycles. The minimum Gasteiger partial charge on any atom is -0.465 e. The van der Waals surface area contributed by atoms with Crippen molar-refractivity contribution in [3.05, 3.63) is 34.4 Å². The third-order valence-electron chi connectivity index (χ3n) is 3.70. The van der Waals surface area contributed by atoms with Crippen molar-refractivity contribution in [3.63, 3.8) is 0 Å². The van der Waals surface area contributed by atoms with E-state index in [1.807, 2.05) is 0 Å². The van der Waals surface area contributed by atoms with Crippen molar-refractivity contribution >= 4 is 5.97 Å². The van der Waals surface area contributed by atoms with Crippen LogP contribution in [0.3, 0.4) is 0 Å². The summed E-state index contributed by atoms with van der Waals surface area (Å²) >= 11 is 0. The second-order valence-electron chi connectivity index (χ2n) is 4.87. The van der Waals surface area contributed by atoms with Gasteiger partial charge < -0.3 is 4.74 Å². The highest BCUT2D eigenvalue weighted by molar-refractivity contribution is 5.90. The highest BCUT2D eigenvalue weighted by Gasteiger charge is 2.33. The van der Waals surface area contributed by atoms with Crippen LogP contribution < -0.4 is 0 Å². The number of benzene rings is 1. The first kappa shape index (κ1) is 14.8. The monoisotopic (exact) mass is 290 g/mol. The van der Waals surface area contributed by atoms with Gasteiger partial charge in [0.25, 0.3) is 0 Å². The Morgan fingerprint density at radius 1 is 0.950 bits per heavy atom. The molecule has 0 spiro atoms. The molecular weight excluding hydrogens is 276 g/mol. The summed E-state index contributed by atoms with van der Waals surface area (Å²) in [6.45, 7) is 0. The van der Waals surface area contributed by atoms with Gasteiger partial charge in [-0.2, -0.15) is 0 Å². The first-order valence-electron chi connectivity index (χ1n) is 6.43. The van der Waals surface area contributed by atoms with Crippen molar-refractivity contribution in [2.45, 2.75) is 38.0 Å². The van der Waals surface area contributed by atoms with Gasteiger partial charge >= 0.3 is 5.97 Å². The van der Waals surface area contributed by atoms with E-state index in [4.69, 9.17) is 0 Å². The zero-order valence-electron chi connectivity index (χ0n) is 10.9. The van der Waals surface area contributed by atoms with Crippen LogP contribution in [0.25, 0.3) is 0 Å². The number of rotatable bonds is 2. The molecular formula is C14H14F4O2. The maximum absolute atomic E-state index is 14.0. The molecule has 0 aliphatic heterocycles. The lowest BCUT2D eigenvalue weighted by molar-refractivity contribution is 0.0586. The Morgan fingerprint density at radius 3 is 1.90 bits per heavy atom. The van der Waals surface area contributed by atoms with Gasteiger partial charge in [0.2, 0.25) is 0 Å². The number of hydrogen-bond acceptors (Lipinski definition) is 2. The van der Waals surface area contributed by atoms with E-state index < -0.39 is 46.3 Å². The maximum Gasteiger partial charge on any atom is 0.344 e. The van der Waals surface area contributed by atoms with Crippen molar-refractivity contribution < 1.29 is 27.1 Å². The molecule has 0 unspecified atom stereocenters. The molecule has 0 amide bonds. The predicted octanol–water partition coefficient (Wildman–Crippen LogP) is 4.08. The number of methoxy groups -OCH3 is 1. The Bertz CT molecular complexity index is 507. The van der Waals surface area contributed by atoms with E-state index in [9.17, 15) is 22.4 Å². The van der Waals surface area contributed by atoms with E-state index in [2.05, 4.69) is 4.74 Å². The highest BCUT2D eigenvalue weighted by Crippen LogP contribution is 2.38. The first-order valence-corrected chi connectivity index (χ1v) is 6.43. The molecule has 1 aromatic rings. The molecule has 0 aromatic heterocycles. The largest absolute Gasteiger partial charge is 0.465 e. The van der Waals surface area contributed by atoms with Gasteiger partial charge in [-0.05, 0) is 18.8 Å². The molecule has 0 N–H and O–H groups in total. The SMILES string of the molecule is COC(=O)c1c(F)c(F)c(C2CCCCC2)c(F)c1F. The number of halogens is 4. The normalized spacial score (nSPS) is 16.2. The van der Waals surface area contributed by atoms with E-state index in [0.29, 0.717) is 12.8 Å². The Balaban J connectivity index is 2.57. The zero-order chi connectivity index (χ0) is 14.9. The molecule has 1 fully saturated rings. The minimum absolute atomic E-state index is 0.476. The van der Waals surface area contributed by atoms with Crippen LogP contribution in [0, 0.1) is 23.3 Å². The highest BCUT2D eigenvalue weighted by atomic mass is 19.2. The predicted molar refractivity (Wildman–Crippen MR) is 63.4 cm³/mol. The van der Waals surface area contributed by atoms with Crippen LogP contribution in [0.4, 0.5) is 17.6 Å². The summed E-state index contributed by atoms with van der Waals surface area (Å²) in [6.07, 6.45) is 3.40. The number of carbonyl (C=O) groups excluding carboxylic acids is 1. The fraction of sp³-hybridized carbons (Fsp3) is 0.500. The summed E-state index contributed by atoms with van der Waals surface area (Å²) in [4.78, 5) is 11.2. The summed E-state index contributed by atoms with van der Waals surface area (Å²) in [5, 5.41) is 0. The van der Waals surface area contributed by atoms with Crippen molar-refractivity contribution in [2.24, 2.45) is 0 Å². The van der Waals surface area contributed by atoms with Crippen molar-refractivity contribution in [2.75, 3.05) is 7.11 Å². The minimum atomic E-state index is -1.68. The van der Waals surface area contributed by atoms with Crippen molar-refractivity contribution in [1.82, 2.24) is 0 Å². The third-order valence-corrected chi connectivity index (χ3v) is 3.70. The molecule has 1 aliphatic rings. The number of esters is 1. The number of carbonyl (C=O) groups is 1. The van der Waals surface area contributed by atoms with E-state index in [1.165, 1.54) is 0 Å². The van der Waals surface area contributed by atoms with Crippen LogP contribution in [0.2, 0.25) is 0 Å². The fourth-order valence-electron chi connectivity index (χ4n) is 2.68. The lowest BCUT2D eigenvalue weighted by atomic mass is 9.83. The molecule has 2 nitrogen and oxygen atoms in total. The van der Waals surface area contributed by atoms with Crippen LogP contribution in [0.15, 0.2) is 0 Å². The summed E-state index contributed by atoms with van der Waals surface area (Å²) in [6, 6.07) is 0. The van der Waals surface area contributed by atoms with E-state index >= 15 is 0 Å². The number of ether oxygens (including phenoxy) is 1. The van der Waals surface area contributed by atoms with Crippen LogP contribution in [0.5, 0.6) is 0 Å². The average Bonchev–Trinajstić information content (AvgIpc) is 2.46. The topological polar surface area (TPSA) is 26.3 Å². The summed E-state index contributed by atoms with van der Waals surface area (Å²) in [7, 11) is 0.881. The first-order chi connectivity index (χ1) is 9.49. The Labute approximate surface area is 113 Å². The van der Waals surface area contributed by atoms with Gasteiger partial charge in [0, 0.05) is 5.56 Å². The zero-order valence-corrected chi connectivity index (χ0v) is 10.9. The van der Waals surface area contributed by atoms with Gasteiger partial charge in [-0.3, -0.25) is 0 Å². The van der Waals surface area contributed by atoms with Crippen LogP contribution in [0.1, 0.15) is 53.9 Å². The lowest BCUT2D eigenvalue weighted by Crippen LogP contribution is -2.17. The summed E-state index contributed by atoms with van der Waals surface area (Å²) in [5.74, 6) is -8.34. The Hall–Kier alpha value is -1.59. The van der Waals surface area contributed by atoms with Gasteiger partial charge in [-0.1, -0.05) is 19.3 Å². The molecule has 0 heterocycles. The standard InChI is InChI=1S/C14H14F4O2/c1-20-14(19)9-12(17)10(15)8(11(16)13(9)18)7-5-3-2-4-6-7/h7H,2-6H2,1H3. The van der Waals surface area contributed by atoms with Gasteiger partial charge in [0.05, 0.1) is 7.11 Å². The van der Waals surface area contributed by atoms with E-state index in [-0.39, 0.29) is 0 Å². The quantitative estimate of drug-likeness (QED) is 0.466. The Morgan fingerprint density at radius 2 is 1.45 bits per heavy atom. The summed E-state index contributed by atoms with van der Waals surface area (Å²) in [5.41, 5.74) is -1.91. The maximum atomic E-state index is 14.0. The Kier molecular flexibility index (Phi) is 4.30. The van der Waals surface area contributed by atoms with Gasteiger partial charge in [-0.25, -0.2) is 22.4 Å². The molecule has 0 bridgehead atoms. The van der Waals surface area contributed by atoms with Crippen molar-refractivity contribution in [3.8, 4) is 0 Å². The van der Waals surface area contributed by atoms with Crippen molar-refractivity contribution in [1.29, 1.82) is 0 Å². The smallest absolute Gasteiger partial charge is 0.344 e. The second kappa shape index (κ2) is 5.81. The van der Waals surface area contributed by atoms with E-state index in [1.54, 1.807) is 0 Å². The molecule has 1 saturated carbocycles. The van der Waals surface area contributed by atoms with Crippen LogP contribution >= 0.6 is 0 Å². The van der Waals surface area contributed by atoms with Gasteiger partial charge in [0.1, 0.15) is 5.56 Å². The van der Waals surface area contributed by atoms with Crippen LogP contribution in [-0.2, 0) is 4.74 Å². The second-order valence-corrected chi connectivity index (χ2v) is 4.87. The molecule has 6 heteroatoms. The molecule has 1 aromatic carbocycles. The lowest BCUT2D eigenvalue weighted by Gasteiger charge is -2.23. The van der Waals surface area contributed by atoms with Gasteiger partial charge in [0.15, 0.2) is 23.3 Å². The molecule has 2 rings (SSSR count).